The Morgan fingerprint density at radius 2 is 1.73 bits per heavy atom. The highest BCUT2D eigenvalue weighted by molar-refractivity contribution is 8.00. The Labute approximate surface area is 260 Å². The number of hydrogen-bond acceptors (Lipinski definition) is 10. The number of carboxylic acids is 1. The maximum Gasteiger partial charge on any atom is 0.352 e. The first-order valence-corrected chi connectivity index (χ1v) is 16.5. The molecule has 3 aromatic rings. The lowest BCUT2D eigenvalue weighted by molar-refractivity contribution is -0.150. The van der Waals surface area contributed by atoms with Crippen molar-refractivity contribution in [3.05, 3.63) is 98.9 Å². The van der Waals surface area contributed by atoms with E-state index >= 15 is 0 Å². The van der Waals surface area contributed by atoms with Crippen molar-refractivity contribution in [2.45, 2.75) is 29.7 Å². The van der Waals surface area contributed by atoms with E-state index in [1.54, 1.807) is 25.1 Å². The van der Waals surface area contributed by atoms with Crippen molar-refractivity contribution in [1.82, 2.24) is 14.9 Å². The fraction of sp³-hybridized carbons (Fsp3) is 0.207. The fourth-order valence-electron chi connectivity index (χ4n) is 4.63. The number of amides is 3. The smallest absolute Gasteiger partial charge is 0.352 e. The predicted molar refractivity (Wildman–Crippen MR) is 160 cm³/mol. The minimum Gasteiger partial charge on any atom is -0.477 e. The van der Waals surface area contributed by atoms with Gasteiger partial charge in [-0.15, -0.1) is 23.1 Å². The highest BCUT2D eigenvalue weighted by Gasteiger charge is 2.54. The van der Waals surface area contributed by atoms with Crippen LogP contribution in [0, 0.1) is 6.92 Å². The van der Waals surface area contributed by atoms with E-state index in [2.05, 4.69) is 5.32 Å². The Bertz CT molecular complexity index is 1790. The van der Waals surface area contributed by atoms with Crippen LogP contribution in [-0.2, 0) is 35.6 Å². The lowest BCUT2D eigenvalue weighted by Crippen LogP contribution is -2.70. The normalized spacial score (nSPS) is 17.8. The zero-order chi connectivity index (χ0) is 31.6. The molecule has 2 atom stereocenters. The van der Waals surface area contributed by atoms with Crippen molar-refractivity contribution >= 4 is 62.8 Å². The SMILES string of the molecule is Cc1ccc(S(=O)(=O)NC(=O)c2ccccc2C(=O)OCC2=C(C(=O)O)N3C(=O)[C@@H](NC(=O)Cc4cccs4)[C@@H]3SC2)cc1. The number of thiophene rings is 1. The molecule has 0 unspecified atom stereocenters. The molecule has 3 heterocycles. The highest BCUT2D eigenvalue weighted by Crippen LogP contribution is 2.40. The van der Waals surface area contributed by atoms with Crippen LogP contribution in [-0.4, -0.2) is 71.9 Å². The van der Waals surface area contributed by atoms with Crippen LogP contribution in [0.5, 0.6) is 0 Å². The van der Waals surface area contributed by atoms with Crippen molar-refractivity contribution in [3.8, 4) is 0 Å². The molecule has 0 aliphatic carbocycles. The molecule has 2 aromatic carbocycles. The second-order valence-corrected chi connectivity index (χ2v) is 13.7. The Morgan fingerprint density at radius 3 is 2.39 bits per heavy atom. The Balaban J connectivity index is 1.26. The minimum atomic E-state index is -4.24. The Morgan fingerprint density at radius 1 is 1.02 bits per heavy atom. The standard InChI is InChI=1S/C29H25N3O9S3/c1-16-8-10-19(11-9-16)44(39,40)31-25(34)20-6-2-3-7-21(20)29(38)41-14-17-15-43-27-23(26(35)32(27)24(17)28(36)37)30-22(33)13-18-5-4-12-42-18/h2-12,23,27H,13-15H2,1H3,(H,30,33)(H,31,34)(H,36,37)/t23-,27+/m1/s1. The quantitative estimate of drug-likeness (QED) is 0.217. The number of nitrogens with zero attached hydrogens (tertiary/aromatic N) is 1. The van der Waals surface area contributed by atoms with Crippen molar-refractivity contribution in [1.29, 1.82) is 0 Å². The Kier molecular flexibility index (Phi) is 8.90. The summed E-state index contributed by atoms with van der Waals surface area (Å²) in [5.74, 6) is -4.32. The molecule has 5 rings (SSSR count). The first kappa shape index (κ1) is 31.0. The van der Waals surface area contributed by atoms with Crippen LogP contribution < -0.4 is 10.0 Å². The van der Waals surface area contributed by atoms with E-state index in [4.69, 9.17) is 4.74 Å². The molecule has 1 aromatic heterocycles. The number of aryl methyl sites for hydroxylation is 1. The van der Waals surface area contributed by atoms with Crippen molar-refractivity contribution in [2.75, 3.05) is 12.4 Å². The van der Waals surface area contributed by atoms with Gasteiger partial charge in [0, 0.05) is 16.2 Å². The number of nitrogens with one attached hydrogen (secondary N) is 2. The number of hydrogen-bond donors (Lipinski definition) is 3. The first-order chi connectivity index (χ1) is 21.0. The number of rotatable bonds is 10. The number of thioether (sulfide) groups is 1. The van der Waals surface area contributed by atoms with Crippen LogP contribution in [0.4, 0.5) is 0 Å². The lowest BCUT2D eigenvalue weighted by atomic mass is 10.0. The lowest BCUT2D eigenvalue weighted by Gasteiger charge is -2.49. The monoisotopic (exact) mass is 655 g/mol. The maximum atomic E-state index is 13.0. The van der Waals surface area contributed by atoms with Crippen LogP contribution in [0.1, 0.15) is 31.2 Å². The number of carboxylic acid groups (broad SMARTS) is 1. The molecular formula is C29H25N3O9S3. The van der Waals surface area contributed by atoms with Gasteiger partial charge in [-0.05, 0) is 42.6 Å². The number of esters is 1. The average Bonchev–Trinajstić information content (AvgIpc) is 3.51. The predicted octanol–water partition coefficient (Wildman–Crippen LogP) is 2.31. The fourth-order valence-corrected chi connectivity index (χ4v) is 7.63. The molecule has 1 saturated heterocycles. The second-order valence-electron chi connectivity index (χ2n) is 9.84. The highest BCUT2D eigenvalue weighted by atomic mass is 32.2. The summed E-state index contributed by atoms with van der Waals surface area (Å²) < 4.78 is 32.7. The molecule has 0 saturated carbocycles. The van der Waals surface area contributed by atoms with Crippen LogP contribution in [0.15, 0.2) is 82.2 Å². The van der Waals surface area contributed by atoms with Gasteiger partial charge in [0.25, 0.3) is 21.8 Å². The van der Waals surface area contributed by atoms with E-state index in [-0.39, 0.29) is 45.4 Å². The first-order valence-electron chi connectivity index (χ1n) is 13.1. The van der Waals surface area contributed by atoms with Gasteiger partial charge in [-0.2, -0.15) is 0 Å². The van der Waals surface area contributed by atoms with Crippen LogP contribution in [0.3, 0.4) is 0 Å². The third-order valence-corrected chi connectivity index (χ3v) is 10.4. The zero-order valence-electron chi connectivity index (χ0n) is 23.0. The summed E-state index contributed by atoms with van der Waals surface area (Å²) in [5.41, 5.74) is 0.124. The molecule has 15 heteroatoms. The van der Waals surface area contributed by atoms with Gasteiger partial charge in [-0.3, -0.25) is 19.3 Å². The van der Waals surface area contributed by atoms with Gasteiger partial charge in [0.1, 0.15) is 23.7 Å². The average molecular weight is 656 g/mol. The zero-order valence-corrected chi connectivity index (χ0v) is 25.5. The molecule has 3 amide bonds. The summed E-state index contributed by atoms with van der Waals surface area (Å²) in [7, 11) is -4.24. The summed E-state index contributed by atoms with van der Waals surface area (Å²) >= 11 is 2.62. The van der Waals surface area contributed by atoms with Crippen molar-refractivity contribution < 1.29 is 42.2 Å². The van der Waals surface area contributed by atoms with E-state index in [1.165, 1.54) is 59.5 Å². The van der Waals surface area contributed by atoms with Crippen LogP contribution in [0.2, 0.25) is 0 Å². The van der Waals surface area contributed by atoms with Crippen molar-refractivity contribution in [3.63, 3.8) is 0 Å². The summed E-state index contributed by atoms with van der Waals surface area (Å²) in [6.45, 7) is 1.28. The van der Waals surface area contributed by atoms with E-state index in [0.29, 0.717) is 0 Å². The minimum absolute atomic E-state index is 0.0948. The molecule has 0 bridgehead atoms. The molecule has 12 nitrogen and oxygen atoms in total. The molecule has 0 spiro atoms. The number of carbonyl (C=O) groups is 5. The van der Waals surface area contributed by atoms with Gasteiger partial charge in [0.05, 0.1) is 22.4 Å². The third-order valence-electron chi connectivity index (χ3n) is 6.81. The number of carbonyl (C=O) groups excluding carboxylic acids is 4. The number of sulfonamides is 1. The van der Waals surface area contributed by atoms with Crippen LogP contribution >= 0.6 is 23.1 Å². The largest absolute Gasteiger partial charge is 0.477 e. The topological polar surface area (TPSA) is 176 Å². The van der Waals surface area contributed by atoms with Crippen molar-refractivity contribution in [2.24, 2.45) is 0 Å². The van der Waals surface area contributed by atoms with Gasteiger partial charge >= 0.3 is 11.9 Å². The van der Waals surface area contributed by atoms with Gasteiger partial charge in [0.2, 0.25) is 5.91 Å². The van der Waals surface area contributed by atoms with Gasteiger partial charge in [-0.1, -0.05) is 35.9 Å². The van der Waals surface area contributed by atoms with Gasteiger partial charge in [0.15, 0.2) is 0 Å². The molecular weight excluding hydrogens is 631 g/mol. The Hall–Kier alpha value is -4.47. The van der Waals surface area contributed by atoms with E-state index < -0.39 is 51.8 Å². The molecule has 44 heavy (non-hydrogen) atoms. The number of aliphatic carboxylic acids is 1. The number of fused-ring (bicyclic) bond motifs is 1. The second kappa shape index (κ2) is 12.6. The maximum absolute atomic E-state index is 13.0. The molecule has 1 fully saturated rings. The molecule has 2 aliphatic heterocycles. The molecule has 0 radical (unpaired) electrons. The third kappa shape index (κ3) is 6.39. The molecule has 228 valence electrons. The van der Waals surface area contributed by atoms with E-state index in [1.807, 2.05) is 16.2 Å². The molecule has 2 aliphatic rings. The summed E-state index contributed by atoms with van der Waals surface area (Å²) in [5, 5.41) is 13.8. The summed E-state index contributed by atoms with van der Waals surface area (Å²) in [6, 6.07) is 14.0. The van der Waals surface area contributed by atoms with E-state index in [0.717, 1.165) is 15.3 Å². The van der Waals surface area contributed by atoms with Gasteiger partial charge < -0.3 is 15.2 Å². The summed E-state index contributed by atoms with van der Waals surface area (Å²) in [6.07, 6.45) is 0.0963. The van der Waals surface area contributed by atoms with Crippen LogP contribution in [0.25, 0.3) is 0 Å². The number of ether oxygens (including phenoxy) is 1. The number of β-lactam (4-membered cyclic amide) rings is 1. The van der Waals surface area contributed by atoms with E-state index in [9.17, 15) is 37.5 Å². The van der Waals surface area contributed by atoms with Gasteiger partial charge in [-0.25, -0.2) is 22.7 Å². The number of benzene rings is 2. The summed E-state index contributed by atoms with van der Waals surface area (Å²) in [4.78, 5) is 65.2. The molecule has 3 N–H and O–H groups in total.